The first-order valence-electron chi connectivity index (χ1n) is 17.3. The molecule has 8 aromatic carbocycles. The van der Waals surface area contributed by atoms with Gasteiger partial charge in [0.25, 0.3) is 0 Å². The van der Waals surface area contributed by atoms with Gasteiger partial charge >= 0.3 is 0 Å². The fraction of sp³-hybridized carbons (Fsp3) is 0.0213. The largest absolute Gasteiger partial charge is 0.456 e. The third-order valence-electron chi connectivity index (χ3n) is 9.94. The molecule has 0 saturated heterocycles. The molecule has 0 saturated carbocycles. The number of fused-ring (bicyclic) bond motifs is 6. The lowest BCUT2D eigenvalue weighted by Crippen LogP contribution is -2.33. The fourth-order valence-corrected chi connectivity index (χ4v) is 7.34. The van der Waals surface area contributed by atoms with Crippen LogP contribution in [0.15, 0.2) is 190 Å². The third kappa shape index (κ3) is 5.17. The molecule has 0 spiro atoms. The normalized spacial score (nSPS) is 14.5. The molecule has 0 aliphatic carbocycles. The molecule has 0 amide bonds. The number of nitrogens with zero attached hydrogens (tertiary/aromatic N) is 2. The maximum absolute atomic E-state index is 6.56. The maximum Gasteiger partial charge on any atom is 0.160 e. The van der Waals surface area contributed by atoms with Crippen molar-refractivity contribution in [2.45, 2.75) is 6.17 Å². The molecule has 1 aliphatic rings. The van der Waals surface area contributed by atoms with Crippen molar-refractivity contribution in [3.05, 3.63) is 193 Å². The molecule has 10 rings (SSSR count). The van der Waals surface area contributed by atoms with E-state index in [1.807, 2.05) is 36.4 Å². The summed E-state index contributed by atoms with van der Waals surface area (Å²) >= 11 is 0. The van der Waals surface area contributed by atoms with Crippen LogP contribution in [0, 0.1) is 0 Å². The topological polar surface area (TPSA) is 49.9 Å². The molecule has 4 nitrogen and oxygen atoms in total. The average molecular weight is 654 g/mol. The highest BCUT2D eigenvalue weighted by Crippen LogP contribution is 2.37. The van der Waals surface area contributed by atoms with Crippen molar-refractivity contribution in [2.24, 2.45) is 9.98 Å². The molecule has 0 radical (unpaired) electrons. The quantitative estimate of drug-likeness (QED) is 0.188. The standard InChI is InChI=1S/C47H31N3O/c1-3-10-30(11-4-1)31-18-23-35(24-19-31)46-48-45(34-13-5-2-6-14-34)49-47(50-46)40-16-9-17-42-44(40)39-27-26-37(29-43(39)51-42)36-25-22-33-21-20-32-12-7-8-15-38(32)41(33)28-36/h1-29,46H,(H,48,49,50). The van der Waals surface area contributed by atoms with Gasteiger partial charge in [-0.05, 0) is 73.6 Å². The second-order valence-electron chi connectivity index (χ2n) is 13.0. The number of aliphatic imine (C=N–C) groups is 2. The van der Waals surface area contributed by atoms with Gasteiger partial charge in [0.1, 0.15) is 23.2 Å². The monoisotopic (exact) mass is 653 g/mol. The van der Waals surface area contributed by atoms with Gasteiger partial charge in [-0.3, -0.25) is 0 Å². The molecule has 4 heteroatoms. The van der Waals surface area contributed by atoms with Crippen LogP contribution in [0.5, 0.6) is 0 Å². The Hall–Kier alpha value is -6.78. The summed E-state index contributed by atoms with van der Waals surface area (Å²) in [5, 5.41) is 10.6. The molecule has 1 atom stereocenters. The minimum Gasteiger partial charge on any atom is -0.456 e. The Labute approximate surface area is 295 Å². The highest BCUT2D eigenvalue weighted by molar-refractivity contribution is 6.22. The van der Waals surface area contributed by atoms with Gasteiger partial charge in [-0.25, -0.2) is 9.98 Å². The van der Waals surface area contributed by atoms with Crippen molar-refractivity contribution in [3.8, 4) is 22.3 Å². The Kier molecular flexibility index (Phi) is 6.85. The Morgan fingerprint density at radius 2 is 1.10 bits per heavy atom. The number of hydrogen-bond acceptors (Lipinski definition) is 4. The summed E-state index contributed by atoms with van der Waals surface area (Å²) in [5.41, 5.74) is 9.28. The lowest BCUT2D eigenvalue weighted by atomic mass is 9.96. The summed E-state index contributed by atoms with van der Waals surface area (Å²) in [5.74, 6) is 1.46. The SMILES string of the molecule is c1ccc(C2=NC(c3cccc4oc5cc(-c6ccc7ccc8ccccc8c7c6)ccc5c34)=NC(c3ccc(-c4ccccc4)cc3)N2)cc1. The molecule has 1 aliphatic heterocycles. The van der Waals surface area contributed by atoms with Crippen molar-refractivity contribution in [1.82, 2.24) is 5.32 Å². The van der Waals surface area contributed by atoms with Gasteiger partial charge in [0.2, 0.25) is 0 Å². The molecule has 0 bridgehead atoms. The minimum absolute atomic E-state index is 0.318. The van der Waals surface area contributed by atoms with E-state index in [2.05, 4.69) is 145 Å². The summed E-state index contributed by atoms with van der Waals surface area (Å²) in [7, 11) is 0. The molecule has 1 aromatic heterocycles. The van der Waals surface area contributed by atoms with Crippen molar-refractivity contribution in [2.75, 3.05) is 0 Å². The van der Waals surface area contributed by atoms with Gasteiger partial charge < -0.3 is 9.73 Å². The summed E-state index contributed by atoms with van der Waals surface area (Å²) in [6, 6.07) is 61.7. The van der Waals surface area contributed by atoms with Crippen LogP contribution in [0.3, 0.4) is 0 Å². The molecular formula is C47H31N3O. The number of amidine groups is 2. The van der Waals surface area contributed by atoms with Crippen LogP contribution < -0.4 is 5.32 Å². The van der Waals surface area contributed by atoms with E-state index in [0.717, 1.165) is 55.6 Å². The van der Waals surface area contributed by atoms with E-state index < -0.39 is 0 Å². The fourth-order valence-electron chi connectivity index (χ4n) is 7.34. The molecule has 0 fully saturated rings. The van der Waals surface area contributed by atoms with E-state index in [0.29, 0.717) is 5.84 Å². The Morgan fingerprint density at radius 1 is 0.451 bits per heavy atom. The highest BCUT2D eigenvalue weighted by atomic mass is 16.3. The second kappa shape index (κ2) is 12.0. The predicted octanol–water partition coefficient (Wildman–Crippen LogP) is 11.7. The Bertz CT molecular complexity index is 2820. The summed E-state index contributed by atoms with van der Waals surface area (Å²) in [6.45, 7) is 0. The Balaban J connectivity index is 1.08. The number of nitrogens with one attached hydrogen (secondary N) is 1. The van der Waals surface area contributed by atoms with Gasteiger partial charge in [0.15, 0.2) is 5.84 Å². The van der Waals surface area contributed by atoms with Crippen LogP contribution in [0.1, 0.15) is 22.9 Å². The number of hydrogen-bond donors (Lipinski definition) is 1. The number of rotatable bonds is 5. The summed E-state index contributed by atoms with van der Waals surface area (Å²) < 4.78 is 6.56. The molecule has 1 unspecified atom stereocenters. The van der Waals surface area contributed by atoms with Gasteiger partial charge in [0.05, 0.1) is 0 Å². The molecular weight excluding hydrogens is 623 g/mol. The number of furan rings is 1. The molecule has 9 aromatic rings. The van der Waals surface area contributed by atoms with E-state index in [-0.39, 0.29) is 6.17 Å². The molecule has 240 valence electrons. The van der Waals surface area contributed by atoms with Crippen molar-refractivity contribution in [1.29, 1.82) is 0 Å². The van der Waals surface area contributed by atoms with Gasteiger partial charge in [-0.2, -0.15) is 0 Å². The van der Waals surface area contributed by atoms with E-state index in [1.54, 1.807) is 0 Å². The first-order chi connectivity index (χ1) is 25.2. The smallest absolute Gasteiger partial charge is 0.160 e. The van der Waals surface area contributed by atoms with Gasteiger partial charge in [-0.1, -0.05) is 152 Å². The molecule has 51 heavy (non-hydrogen) atoms. The summed E-state index contributed by atoms with van der Waals surface area (Å²) in [4.78, 5) is 10.4. The number of benzene rings is 8. The highest BCUT2D eigenvalue weighted by Gasteiger charge is 2.24. The van der Waals surface area contributed by atoms with Crippen LogP contribution >= 0.6 is 0 Å². The zero-order valence-electron chi connectivity index (χ0n) is 27.6. The van der Waals surface area contributed by atoms with E-state index >= 15 is 0 Å². The van der Waals surface area contributed by atoms with E-state index in [9.17, 15) is 0 Å². The first-order valence-corrected chi connectivity index (χ1v) is 17.3. The Morgan fingerprint density at radius 3 is 1.92 bits per heavy atom. The lowest BCUT2D eigenvalue weighted by Gasteiger charge is -2.24. The second-order valence-corrected chi connectivity index (χ2v) is 13.0. The third-order valence-corrected chi connectivity index (χ3v) is 9.94. The average Bonchev–Trinajstić information content (AvgIpc) is 3.59. The van der Waals surface area contributed by atoms with Crippen LogP contribution in [-0.4, -0.2) is 11.7 Å². The van der Waals surface area contributed by atoms with Crippen molar-refractivity contribution >= 4 is 55.2 Å². The maximum atomic E-state index is 6.56. The van der Waals surface area contributed by atoms with E-state index in [4.69, 9.17) is 14.4 Å². The molecule has 1 N–H and O–H groups in total. The van der Waals surface area contributed by atoms with Crippen LogP contribution in [0.25, 0.3) is 65.7 Å². The minimum atomic E-state index is -0.318. The van der Waals surface area contributed by atoms with Crippen LogP contribution in [0.2, 0.25) is 0 Å². The lowest BCUT2D eigenvalue weighted by molar-refractivity contribution is 0.668. The van der Waals surface area contributed by atoms with Crippen molar-refractivity contribution < 1.29 is 4.42 Å². The zero-order chi connectivity index (χ0) is 33.7. The first kappa shape index (κ1) is 29.2. The summed E-state index contributed by atoms with van der Waals surface area (Å²) in [6.07, 6.45) is -0.318. The van der Waals surface area contributed by atoms with Gasteiger partial charge in [-0.15, -0.1) is 0 Å². The van der Waals surface area contributed by atoms with Gasteiger partial charge in [0, 0.05) is 21.9 Å². The predicted molar refractivity (Wildman–Crippen MR) is 211 cm³/mol. The van der Waals surface area contributed by atoms with Crippen molar-refractivity contribution in [3.63, 3.8) is 0 Å². The van der Waals surface area contributed by atoms with E-state index in [1.165, 1.54) is 32.7 Å². The molecule has 2 heterocycles. The van der Waals surface area contributed by atoms with Crippen LogP contribution in [0.4, 0.5) is 0 Å². The zero-order valence-corrected chi connectivity index (χ0v) is 27.6. The van der Waals surface area contributed by atoms with Crippen LogP contribution in [-0.2, 0) is 0 Å².